The number of hydrogen-bond donors (Lipinski definition) is 1. The standard InChI is InChI=1S/C18H20Cl2N4O2/c1-12(25)21-8-13-3-2-6-23(10-13)18(26)14-9-22-24(11-14)17-5-4-15(19)7-16(17)20/h4-5,7,9,11,13H,2-3,6,8,10H2,1H3,(H,21,25)/t13-/m1/s1. The molecule has 1 aromatic heterocycles. The first-order chi connectivity index (χ1) is 12.4. The van der Waals surface area contributed by atoms with E-state index in [9.17, 15) is 9.59 Å². The number of carbonyl (C=O) groups excluding carboxylic acids is 2. The number of carbonyl (C=O) groups is 2. The monoisotopic (exact) mass is 394 g/mol. The van der Waals surface area contributed by atoms with Crippen molar-refractivity contribution < 1.29 is 9.59 Å². The second-order valence-corrected chi connectivity index (χ2v) is 7.31. The van der Waals surface area contributed by atoms with Crippen molar-refractivity contribution in [3.8, 4) is 5.69 Å². The van der Waals surface area contributed by atoms with Gasteiger partial charge < -0.3 is 10.2 Å². The summed E-state index contributed by atoms with van der Waals surface area (Å²) in [5.74, 6) is 0.167. The van der Waals surface area contributed by atoms with Crippen LogP contribution in [0.4, 0.5) is 0 Å². The van der Waals surface area contributed by atoms with Gasteiger partial charge in [0.25, 0.3) is 5.91 Å². The number of benzene rings is 1. The highest BCUT2D eigenvalue weighted by Crippen LogP contribution is 2.24. The second kappa shape index (κ2) is 8.10. The van der Waals surface area contributed by atoms with E-state index in [0.717, 1.165) is 12.8 Å². The molecule has 138 valence electrons. The average molecular weight is 395 g/mol. The molecule has 0 unspecified atom stereocenters. The highest BCUT2D eigenvalue weighted by Gasteiger charge is 2.25. The van der Waals surface area contributed by atoms with Gasteiger partial charge in [0.1, 0.15) is 0 Å². The van der Waals surface area contributed by atoms with Crippen molar-refractivity contribution in [1.29, 1.82) is 0 Å². The summed E-state index contributed by atoms with van der Waals surface area (Å²) in [5, 5.41) is 8.10. The molecule has 1 atom stereocenters. The third-order valence-electron chi connectivity index (χ3n) is 4.43. The zero-order valence-electron chi connectivity index (χ0n) is 14.4. The lowest BCUT2D eigenvalue weighted by Crippen LogP contribution is -2.43. The van der Waals surface area contributed by atoms with Gasteiger partial charge in [0, 0.05) is 37.8 Å². The predicted octanol–water partition coefficient (Wildman–Crippen LogP) is 3.17. The molecule has 0 radical (unpaired) electrons. The minimum Gasteiger partial charge on any atom is -0.356 e. The van der Waals surface area contributed by atoms with Gasteiger partial charge in [0.15, 0.2) is 0 Å². The van der Waals surface area contributed by atoms with Crippen LogP contribution in [0.2, 0.25) is 10.0 Å². The van der Waals surface area contributed by atoms with Crippen molar-refractivity contribution in [2.75, 3.05) is 19.6 Å². The molecule has 26 heavy (non-hydrogen) atoms. The molecule has 0 saturated carbocycles. The predicted molar refractivity (Wildman–Crippen MR) is 101 cm³/mol. The quantitative estimate of drug-likeness (QED) is 0.865. The Morgan fingerprint density at radius 1 is 1.35 bits per heavy atom. The van der Waals surface area contributed by atoms with E-state index in [0.29, 0.717) is 40.9 Å². The molecular weight excluding hydrogens is 375 g/mol. The normalized spacial score (nSPS) is 17.2. The Morgan fingerprint density at radius 2 is 2.15 bits per heavy atom. The summed E-state index contributed by atoms with van der Waals surface area (Å²) in [6, 6.07) is 5.12. The number of nitrogens with one attached hydrogen (secondary N) is 1. The molecule has 1 aliphatic heterocycles. The third kappa shape index (κ3) is 4.37. The zero-order valence-corrected chi connectivity index (χ0v) is 15.9. The van der Waals surface area contributed by atoms with E-state index in [1.165, 1.54) is 6.92 Å². The molecule has 1 saturated heterocycles. The van der Waals surface area contributed by atoms with Gasteiger partial charge in [-0.2, -0.15) is 5.10 Å². The van der Waals surface area contributed by atoms with Crippen LogP contribution in [0, 0.1) is 5.92 Å². The van der Waals surface area contributed by atoms with E-state index in [-0.39, 0.29) is 17.7 Å². The van der Waals surface area contributed by atoms with Gasteiger partial charge in [-0.3, -0.25) is 9.59 Å². The molecular formula is C18H20Cl2N4O2. The number of halogens is 2. The van der Waals surface area contributed by atoms with E-state index < -0.39 is 0 Å². The lowest BCUT2D eigenvalue weighted by molar-refractivity contribution is -0.119. The summed E-state index contributed by atoms with van der Waals surface area (Å²) in [6.45, 7) is 3.44. The number of hydrogen-bond acceptors (Lipinski definition) is 3. The number of nitrogens with zero attached hydrogens (tertiary/aromatic N) is 3. The number of likely N-dealkylation sites (tertiary alicyclic amines) is 1. The Balaban J connectivity index is 1.70. The summed E-state index contributed by atoms with van der Waals surface area (Å²) in [6.07, 6.45) is 5.15. The van der Waals surface area contributed by atoms with Crippen molar-refractivity contribution in [3.05, 3.63) is 46.2 Å². The van der Waals surface area contributed by atoms with Crippen LogP contribution >= 0.6 is 23.2 Å². The molecule has 1 fully saturated rings. The summed E-state index contributed by atoms with van der Waals surface area (Å²) in [7, 11) is 0. The Kier molecular flexibility index (Phi) is 5.84. The molecule has 2 aromatic rings. The number of aromatic nitrogens is 2. The van der Waals surface area contributed by atoms with Crippen LogP contribution < -0.4 is 5.32 Å². The van der Waals surface area contributed by atoms with E-state index in [1.54, 1.807) is 35.3 Å². The molecule has 1 aromatic carbocycles. The van der Waals surface area contributed by atoms with Crippen molar-refractivity contribution in [2.24, 2.45) is 5.92 Å². The summed E-state index contributed by atoms with van der Waals surface area (Å²) >= 11 is 12.1. The lowest BCUT2D eigenvalue weighted by Gasteiger charge is -2.32. The van der Waals surface area contributed by atoms with E-state index >= 15 is 0 Å². The van der Waals surface area contributed by atoms with Gasteiger partial charge in [-0.05, 0) is 37.0 Å². The van der Waals surface area contributed by atoms with Crippen LogP contribution in [0.15, 0.2) is 30.6 Å². The maximum absolute atomic E-state index is 12.8. The Bertz CT molecular complexity index is 821. The molecule has 8 heteroatoms. The molecule has 1 N–H and O–H groups in total. The van der Waals surface area contributed by atoms with Crippen molar-refractivity contribution in [2.45, 2.75) is 19.8 Å². The van der Waals surface area contributed by atoms with Crippen LogP contribution in [0.1, 0.15) is 30.1 Å². The van der Waals surface area contributed by atoms with Gasteiger partial charge in [-0.25, -0.2) is 4.68 Å². The Morgan fingerprint density at radius 3 is 2.88 bits per heavy atom. The average Bonchev–Trinajstić information content (AvgIpc) is 3.09. The Hall–Kier alpha value is -2.05. The molecule has 0 aliphatic carbocycles. The number of rotatable bonds is 4. The first-order valence-electron chi connectivity index (χ1n) is 8.48. The van der Waals surface area contributed by atoms with E-state index in [2.05, 4.69) is 10.4 Å². The summed E-state index contributed by atoms with van der Waals surface area (Å²) in [4.78, 5) is 25.7. The van der Waals surface area contributed by atoms with Crippen molar-refractivity contribution in [1.82, 2.24) is 20.0 Å². The maximum atomic E-state index is 12.8. The molecule has 0 bridgehead atoms. The highest BCUT2D eigenvalue weighted by molar-refractivity contribution is 6.35. The minimum atomic E-state index is -0.0612. The largest absolute Gasteiger partial charge is 0.356 e. The molecule has 3 rings (SSSR count). The van der Waals surface area contributed by atoms with Crippen LogP contribution in [0.25, 0.3) is 5.69 Å². The smallest absolute Gasteiger partial charge is 0.257 e. The van der Waals surface area contributed by atoms with Gasteiger partial charge in [-0.15, -0.1) is 0 Å². The number of amides is 2. The molecule has 2 amide bonds. The molecule has 0 spiro atoms. The topological polar surface area (TPSA) is 67.2 Å². The Labute approximate surface area is 162 Å². The fraction of sp³-hybridized carbons (Fsp3) is 0.389. The molecule has 2 heterocycles. The fourth-order valence-corrected chi connectivity index (χ4v) is 3.61. The van der Waals surface area contributed by atoms with E-state index in [1.807, 2.05) is 4.90 Å². The first kappa shape index (κ1) is 18.7. The van der Waals surface area contributed by atoms with Gasteiger partial charge >= 0.3 is 0 Å². The van der Waals surface area contributed by atoms with Gasteiger partial charge in [-0.1, -0.05) is 23.2 Å². The van der Waals surface area contributed by atoms with E-state index in [4.69, 9.17) is 23.2 Å². The zero-order chi connectivity index (χ0) is 18.7. The SMILES string of the molecule is CC(=O)NC[C@H]1CCCN(C(=O)c2cnn(-c3ccc(Cl)cc3Cl)c2)C1. The maximum Gasteiger partial charge on any atom is 0.257 e. The lowest BCUT2D eigenvalue weighted by atomic mass is 9.97. The van der Waals surface area contributed by atoms with Crippen LogP contribution in [-0.2, 0) is 4.79 Å². The fourth-order valence-electron chi connectivity index (χ4n) is 3.12. The highest BCUT2D eigenvalue weighted by atomic mass is 35.5. The number of piperidine rings is 1. The molecule has 1 aliphatic rings. The van der Waals surface area contributed by atoms with Crippen molar-refractivity contribution in [3.63, 3.8) is 0 Å². The van der Waals surface area contributed by atoms with Gasteiger partial charge in [0.05, 0.1) is 22.5 Å². The van der Waals surface area contributed by atoms with Gasteiger partial charge in [0.2, 0.25) is 5.91 Å². The molecule has 6 nitrogen and oxygen atoms in total. The minimum absolute atomic E-state index is 0.0467. The van der Waals surface area contributed by atoms with Crippen molar-refractivity contribution >= 4 is 35.0 Å². The summed E-state index contributed by atoms with van der Waals surface area (Å²) in [5.41, 5.74) is 1.17. The first-order valence-corrected chi connectivity index (χ1v) is 9.23. The third-order valence-corrected chi connectivity index (χ3v) is 4.97. The second-order valence-electron chi connectivity index (χ2n) is 6.47. The van der Waals surface area contributed by atoms with Crippen LogP contribution in [0.5, 0.6) is 0 Å². The summed E-state index contributed by atoms with van der Waals surface area (Å²) < 4.78 is 1.57. The van der Waals surface area contributed by atoms with Crippen LogP contribution in [0.3, 0.4) is 0 Å². The van der Waals surface area contributed by atoms with Crippen LogP contribution in [-0.4, -0.2) is 46.1 Å².